The van der Waals surface area contributed by atoms with Gasteiger partial charge in [-0.25, -0.2) is 9.59 Å². The summed E-state index contributed by atoms with van der Waals surface area (Å²) in [5, 5.41) is 19.7. The highest BCUT2D eigenvalue weighted by Crippen LogP contribution is 2.55. The van der Waals surface area contributed by atoms with Gasteiger partial charge in [-0.05, 0) is 105 Å². The molecule has 2 aromatic carbocycles. The zero-order chi connectivity index (χ0) is 17.9. The van der Waals surface area contributed by atoms with Crippen molar-refractivity contribution in [1.29, 1.82) is 0 Å². The van der Waals surface area contributed by atoms with E-state index in [1.165, 1.54) is 0 Å². The van der Waals surface area contributed by atoms with E-state index in [1.54, 1.807) is 0 Å². The molecule has 0 saturated carbocycles. The maximum atomic E-state index is 12.0. The molecule has 0 saturated heterocycles. The first kappa shape index (κ1) is 17.3. The molecule has 2 aromatic rings. The third-order valence-corrected chi connectivity index (χ3v) is 7.31. The van der Waals surface area contributed by atoms with Crippen LogP contribution in [0.25, 0.3) is 0 Å². The first-order chi connectivity index (χ1) is 11.9. The molecule has 25 heavy (non-hydrogen) atoms. The molecule has 2 N–H and O–H groups in total. The maximum Gasteiger partial charge on any atom is 0.337 e. The fraction of sp³-hybridized carbons (Fsp3) is 0.263. The Morgan fingerprint density at radius 2 is 1.20 bits per heavy atom. The Morgan fingerprint density at radius 3 is 1.56 bits per heavy atom. The predicted molar refractivity (Wildman–Crippen MR) is 110 cm³/mol. The zero-order valence-corrected chi connectivity index (χ0v) is 17.4. The summed E-state index contributed by atoms with van der Waals surface area (Å²) in [4.78, 5) is 24.0. The summed E-state index contributed by atoms with van der Waals surface area (Å²) in [6.45, 7) is 0. The average Bonchev–Trinajstić information content (AvgIpc) is 3.10. The van der Waals surface area contributed by atoms with Gasteiger partial charge in [-0.2, -0.15) is 0 Å². The summed E-state index contributed by atoms with van der Waals surface area (Å²) < 4.78 is 1.42. The molecule has 0 bridgehead atoms. The lowest BCUT2D eigenvalue weighted by Crippen LogP contribution is -2.27. The van der Waals surface area contributed by atoms with Gasteiger partial charge in [0, 0.05) is 12.6 Å². The van der Waals surface area contributed by atoms with Gasteiger partial charge in [-0.1, -0.05) is 12.1 Å². The van der Waals surface area contributed by atoms with Gasteiger partial charge in [-0.3, -0.25) is 0 Å². The normalized spacial score (nSPS) is 16.7. The number of carbonyl (C=O) groups is 2. The van der Waals surface area contributed by atoms with Crippen molar-refractivity contribution in [2.75, 3.05) is 0 Å². The van der Waals surface area contributed by atoms with E-state index < -0.39 is 17.4 Å². The van der Waals surface area contributed by atoms with E-state index in [-0.39, 0.29) is 0 Å². The van der Waals surface area contributed by atoms with E-state index in [9.17, 15) is 19.8 Å². The Labute approximate surface area is 171 Å². The molecule has 0 heterocycles. The Morgan fingerprint density at radius 1 is 0.800 bits per heavy atom. The van der Waals surface area contributed by atoms with Crippen LogP contribution in [0.5, 0.6) is 0 Å². The average molecular weight is 560 g/mol. The van der Waals surface area contributed by atoms with Gasteiger partial charge >= 0.3 is 11.9 Å². The number of benzene rings is 2. The topological polar surface area (TPSA) is 74.6 Å². The standard InChI is InChI=1S/C19H14I2O4/c20-11-3-1-9-5-7-19(15(9)13(11)17(22)23)8-6-10-2-4-12(21)14(16(10)19)18(24)25/h1-4H,5-8H2,(H,22,23)(H,24,25). The molecule has 1 spiro atoms. The summed E-state index contributed by atoms with van der Waals surface area (Å²) in [5.41, 5.74) is 3.97. The number of fused-ring (bicyclic) bond motifs is 4. The summed E-state index contributed by atoms with van der Waals surface area (Å²) in [6.07, 6.45) is 3.12. The van der Waals surface area contributed by atoms with Crippen LogP contribution in [0.2, 0.25) is 0 Å². The van der Waals surface area contributed by atoms with Crippen LogP contribution in [0.15, 0.2) is 24.3 Å². The predicted octanol–water partition coefficient (Wildman–Crippen LogP) is 4.47. The highest BCUT2D eigenvalue weighted by Gasteiger charge is 2.49. The van der Waals surface area contributed by atoms with Crippen molar-refractivity contribution >= 4 is 57.1 Å². The first-order valence-corrected chi connectivity index (χ1v) is 10.1. The van der Waals surface area contributed by atoms with Crippen molar-refractivity contribution in [3.8, 4) is 0 Å². The highest BCUT2D eigenvalue weighted by molar-refractivity contribution is 14.1. The highest BCUT2D eigenvalue weighted by atomic mass is 127. The van der Waals surface area contributed by atoms with Crippen LogP contribution < -0.4 is 0 Å². The smallest absolute Gasteiger partial charge is 0.337 e. The second kappa shape index (κ2) is 5.94. The molecule has 0 unspecified atom stereocenters. The second-order valence-corrected chi connectivity index (χ2v) is 8.93. The van der Waals surface area contributed by atoms with Crippen LogP contribution in [-0.2, 0) is 18.3 Å². The van der Waals surface area contributed by atoms with Gasteiger partial charge in [0.2, 0.25) is 0 Å². The fourth-order valence-electron chi connectivity index (χ4n) is 4.61. The van der Waals surface area contributed by atoms with E-state index in [1.807, 2.05) is 24.3 Å². The molecule has 0 radical (unpaired) electrons. The number of rotatable bonds is 2. The van der Waals surface area contributed by atoms with Gasteiger partial charge in [0.1, 0.15) is 0 Å². The van der Waals surface area contributed by atoms with Crippen molar-refractivity contribution < 1.29 is 19.8 Å². The van der Waals surface area contributed by atoms with E-state index in [2.05, 4.69) is 45.2 Å². The van der Waals surface area contributed by atoms with Crippen molar-refractivity contribution in [2.24, 2.45) is 0 Å². The number of hydrogen-bond donors (Lipinski definition) is 2. The molecule has 0 atom stereocenters. The molecular weight excluding hydrogens is 546 g/mol. The molecule has 0 fully saturated rings. The van der Waals surface area contributed by atoms with E-state index in [4.69, 9.17) is 0 Å². The molecule has 128 valence electrons. The summed E-state index contributed by atoms with van der Waals surface area (Å²) in [5.74, 6) is -1.86. The van der Waals surface area contributed by atoms with Gasteiger partial charge in [0.25, 0.3) is 0 Å². The molecule has 2 aliphatic rings. The summed E-state index contributed by atoms with van der Waals surface area (Å²) in [7, 11) is 0. The molecule has 0 aromatic heterocycles. The van der Waals surface area contributed by atoms with E-state index in [0.29, 0.717) is 18.3 Å². The maximum absolute atomic E-state index is 12.0. The molecule has 6 heteroatoms. The minimum atomic E-state index is -0.932. The molecule has 0 aliphatic heterocycles. The number of hydrogen-bond acceptors (Lipinski definition) is 2. The van der Waals surface area contributed by atoms with Crippen molar-refractivity contribution in [3.63, 3.8) is 0 Å². The van der Waals surface area contributed by atoms with E-state index in [0.717, 1.165) is 47.9 Å². The van der Waals surface area contributed by atoms with Crippen molar-refractivity contribution in [1.82, 2.24) is 0 Å². The number of halogens is 2. The molecule has 4 rings (SSSR count). The van der Waals surface area contributed by atoms with E-state index >= 15 is 0 Å². The Hall–Kier alpha value is -1.16. The molecule has 0 amide bonds. The van der Waals surface area contributed by atoms with Crippen LogP contribution in [-0.4, -0.2) is 22.2 Å². The van der Waals surface area contributed by atoms with Crippen LogP contribution >= 0.6 is 45.2 Å². The Bertz CT molecular complexity index is 871. The van der Waals surface area contributed by atoms with Gasteiger partial charge in [-0.15, -0.1) is 0 Å². The third-order valence-electron chi connectivity index (χ3n) is 5.51. The van der Waals surface area contributed by atoms with Crippen molar-refractivity contribution in [3.05, 3.63) is 64.8 Å². The van der Waals surface area contributed by atoms with Crippen LogP contribution in [0.1, 0.15) is 55.8 Å². The lowest BCUT2D eigenvalue weighted by molar-refractivity contribution is 0.0685. The minimum absolute atomic E-state index is 0.346. The van der Waals surface area contributed by atoms with Crippen molar-refractivity contribution in [2.45, 2.75) is 31.1 Å². The zero-order valence-electron chi connectivity index (χ0n) is 13.1. The number of carboxylic acids is 2. The van der Waals surface area contributed by atoms with Gasteiger partial charge in [0.15, 0.2) is 0 Å². The van der Waals surface area contributed by atoms with Crippen LogP contribution in [0.3, 0.4) is 0 Å². The largest absolute Gasteiger partial charge is 0.478 e. The number of carboxylic acid groups (broad SMARTS) is 2. The third kappa shape index (κ3) is 2.36. The summed E-state index contributed by atoms with van der Waals surface area (Å²) >= 11 is 4.14. The minimum Gasteiger partial charge on any atom is -0.478 e. The lowest BCUT2D eigenvalue weighted by Gasteiger charge is -2.30. The first-order valence-electron chi connectivity index (χ1n) is 7.97. The molecule has 2 aliphatic carbocycles. The van der Waals surface area contributed by atoms with Crippen LogP contribution in [0.4, 0.5) is 0 Å². The second-order valence-electron chi connectivity index (χ2n) is 6.61. The monoisotopic (exact) mass is 560 g/mol. The SMILES string of the molecule is O=C(O)c1c(I)ccc2c1C1(CC2)CCc2ccc(I)c(C(=O)O)c21. The molecule has 4 nitrogen and oxygen atoms in total. The van der Waals surface area contributed by atoms with Gasteiger partial charge in [0.05, 0.1) is 11.1 Å². The van der Waals surface area contributed by atoms with Crippen LogP contribution in [0, 0.1) is 7.14 Å². The summed E-state index contributed by atoms with van der Waals surface area (Å²) in [6, 6.07) is 7.71. The number of aromatic carboxylic acids is 2. The van der Waals surface area contributed by atoms with Gasteiger partial charge < -0.3 is 10.2 Å². The Kier molecular flexibility index (Phi) is 4.10. The quantitative estimate of drug-likeness (QED) is 0.532. The lowest BCUT2D eigenvalue weighted by atomic mass is 9.73. The number of aryl methyl sites for hydroxylation is 2. The fourth-order valence-corrected chi connectivity index (χ4v) is 5.98. The molecular formula is C19H14I2O4. The Balaban J connectivity index is 2.09.